The zero-order valence-corrected chi connectivity index (χ0v) is 17.7. The van der Waals surface area contributed by atoms with E-state index in [2.05, 4.69) is 5.32 Å². The van der Waals surface area contributed by atoms with Gasteiger partial charge in [-0.15, -0.1) is 0 Å². The van der Waals surface area contributed by atoms with Crippen LogP contribution in [0.5, 0.6) is 23.0 Å². The van der Waals surface area contributed by atoms with Gasteiger partial charge in [0.25, 0.3) is 5.91 Å². The second kappa shape index (κ2) is 9.87. The van der Waals surface area contributed by atoms with Crippen molar-refractivity contribution in [3.8, 4) is 23.0 Å². The molecule has 0 radical (unpaired) electrons. The fourth-order valence-corrected chi connectivity index (χ4v) is 3.34. The molecule has 1 aliphatic rings. The lowest BCUT2D eigenvalue weighted by molar-refractivity contribution is -0.116. The van der Waals surface area contributed by atoms with E-state index >= 15 is 0 Å². The number of benzene rings is 3. The largest absolute Gasteiger partial charge is 0.486 e. The average Bonchev–Trinajstić information content (AvgIpc) is 2.83. The van der Waals surface area contributed by atoms with Crippen LogP contribution in [0.3, 0.4) is 0 Å². The lowest BCUT2D eigenvalue weighted by Gasteiger charge is -2.22. The SMILES string of the molecule is CCN(CC(=O)Nc1ccc2c(c1)OCCO2)C(=O)c1ccccc1Oc1ccccc1. The first-order chi connectivity index (χ1) is 15.6. The molecule has 7 heteroatoms. The molecule has 0 saturated heterocycles. The highest BCUT2D eigenvalue weighted by Crippen LogP contribution is 2.32. The normalized spacial score (nSPS) is 12.0. The highest BCUT2D eigenvalue weighted by molar-refractivity contribution is 6.01. The Balaban J connectivity index is 1.45. The summed E-state index contributed by atoms with van der Waals surface area (Å²) in [6.45, 7) is 3.07. The van der Waals surface area contributed by atoms with Crippen LogP contribution >= 0.6 is 0 Å². The smallest absolute Gasteiger partial charge is 0.258 e. The Kier molecular flexibility index (Phi) is 6.55. The molecular formula is C25H24N2O5. The number of likely N-dealkylation sites (N-methyl/N-ethyl adjacent to an activating group) is 1. The Morgan fingerprint density at radius 2 is 1.66 bits per heavy atom. The van der Waals surface area contributed by atoms with E-state index in [0.717, 1.165) is 0 Å². The van der Waals surface area contributed by atoms with Crippen molar-refractivity contribution in [3.05, 3.63) is 78.4 Å². The van der Waals surface area contributed by atoms with E-state index in [1.807, 2.05) is 37.3 Å². The van der Waals surface area contributed by atoms with Gasteiger partial charge in [0, 0.05) is 18.3 Å². The summed E-state index contributed by atoms with van der Waals surface area (Å²) in [7, 11) is 0. The minimum atomic E-state index is -0.307. The molecule has 0 bridgehead atoms. The number of para-hydroxylation sites is 2. The van der Waals surface area contributed by atoms with E-state index in [-0.39, 0.29) is 18.4 Å². The van der Waals surface area contributed by atoms with E-state index in [9.17, 15) is 9.59 Å². The van der Waals surface area contributed by atoms with Gasteiger partial charge in [0.15, 0.2) is 11.5 Å². The van der Waals surface area contributed by atoms with Gasteiger partial charge in [-0.2, -0.15) is 0 Å². The van der Waals surface area contributed by atoms with Crippen LogP contribution in [0.25, 0.3) is 0 Å². The minimum Gasteiger partial charge on any atom is -0.486 e. The van der Waals surface area contributed by atoms with Crippen molar-refractivity contribution in [2.75, 3.05) is 31.6 Å². The molecular weight excluding hydrogens is 408 g/mol. The third-order valence-electron chi connectivity index (χ3n) is 4.92. The van der Waals surface area contributed by atoms with E-state index in [1.165, 1.54) is 4.90 Å². The Morgan fingerprint density at radius 3 is 2.44 bits per heavy atom. The molecule has 1 aliphatic heterocycles. The molecule has 0 saturated carbocycles. The van der Waals surface area contributed by atoms with E-state index in [1.54, 1.807) is 42.5 Å². The van der Waals surface area contributed by atoms with Crippen molar-refractivity contribution in [1.82, 2.24) is 4.90 Å². The van der Waals surface area contributed by atoms with E-state index < -0.39 is 0 Å². The molecule has 0 aromatic heterocycles. The number of hydrogen-bond acceptors (Lipinski definition) is 5. The number of carbonyl (C=O) groups excluding carboxylic acids is 2. The molecule has 3 aromatic rings. The van der Waals surface area contributed by atoms with Crippen molar-refractivity contribution >= 4 is 17.5 Å². The molecule has 1 heterocycles. The number of ether oxygens (including phenoxy) is 3. The molecule has 4 rings (SSSR count). The maximum atomic E-state index is 13.2. The lowest BCUT2D eigenvalue weighted by atomic mass is 10.1. The number of carbonyl (C=O) groups is 2. The quantitative estimate of drug-likeness (QED) is 0.601. The van der Waals surface area contributed by atoms with Gasteiger partial charge in [0.2, 0.25) is 5.91 Å². The number of fused-ring (bicyclic) bond motifs is 1. The summed E-state index contributed by atoms with van der Waals surface area (Å²) < 4.78 is 17.0. The fraction of sp³-hybridized carbons (Fsp3) is 0.200. The van der Waals surface area contributed by atoms with Crippen LogP contribution in [0.4, 0.5) is 5.69 Å². The Hall–Kier alpha value is -4.00. The number of anilines is 1. The Morgan fingerprint density at radius 1 is 0.938 bits per heavy atom. The highest BCUT2D eigenvalue weighted by atomic mass is 16.6. The zero-order valence-electron chi connectivity index (χ0n) is 17.7. The predicted molar refractivity (Wildman–Crippen MR) is 121 cm³/mol. The van der Waals surface area contributed by atoms with Gasteiger partial charge in [-0.05, 0) is 43.3 Å². The van der Waals surface area contributed by atoms with Gasteiger partial charge in [0.1, 0.15) is 31.3 Å². The zero-order chi connectivity index (χ0) is 22.3. The second-order valence-corrected chi connectivity index (χ2v) is 7.14. The van der Waals surface area contributed by atoms with Crippen molar-refractivity contribution in [2.45, 2.75) is 6.92 Å². The molecule has 0 atom stereocenters. The summed E-state index contributed by atoms with van der Waals surface area (Å²) >= 11 is 0. The van der Waals surface area contributed by atoms with Crippen molar-refractivity contribution in [2.24, 2.45) is 0 Å². The van der Waals surface area contributed by atoms with Crippen LogP contribution < -0.4 is 19.5 Å². The number of nitrogens with one attached hydrogen (secondary N) is 1. The first kappa shape index (κ1) is 21.2. The Bertz CT molecular complexity index is 1100. The van der Waals surface area contributed by atoms with Crippen LogP contribution in [-0.4, -0.2) is 43.0 Å². The maximum Gasteiger partial charge on any atom is 0.258 e. The van der Waals surface area contributed by atoms with Crippen LogP contribution in [0, 0.1) is 0 Å². The second-order valence-electron chi connectivity index (χ2n) is 7.14. The van der Waals surface area contributed by atoms with Crippen molar-refractivity contribution in [3.63, 3.8) is 0 Å². The molecule has 7 nitrogen and oxygen atoms in total. The van der Waals surface area contributed by atoms with Crippen molar-refractivity contribution in [1.29, 1.82) is 0 Å². The third-order valence-corrected chi connectivity index (χ3v) is 4.92. The first-order valence-electron chi connectivity index (χ1n) is 10.4. The van der Waals surface area contributed by atoms with Crippen LogP contribution in [0.15, 0.2) is 72.8 Å². The Labute approximate surface area is 186 Å². The summed E-state index contributed by atoms with van der Waals surface area (Å²) in [5.74, 6) is 1.72. The summed E-state index contributed by atoms with van der Waals surface area (Å²) in [5.41, 5.74) is 0.973. The van der Waals surface area contributed by atoms with Crippen LogP contribution in [0.1, 0.15) is 17.3 Å². The number of hydrogen-bond donors (Lipinski definition) is 1. The number of amides is 2. The van der Waals surface area contributed by atoms with Crippen molar-refractivity contribution < 1.29 is 23.8 Å². The van der Waals surface area contributed by atoms with Gasteiger partial charge in [-0.3, -0.25) is 9.59 Å². The monoisotopic (exact) mass is 432 g/mol. The number of rotatable bonds is 7. The molecule has 0 unspecified atom stereocenters. The summed E-state index contributed by atoms with van der Waals surface area (Å²) in [5, 5.41) is 2.82. The molecule has 164 valence electrons. The molecule has 32 heavy (non-hydrogen) atoms. The first-order valence-corrected chi connectivity index (χ1v) is 10.4. The minimum absolute atomic E-state index is 0.0938. The summed E-state index contributed by atoms with van der Waals surface area (Å²) in [6.07, 6.45) is 0. The topological polar surface area (TPSA) is 77.1 Å². The van der Waals surface area contributed by atoms with Gasteiger partial charge in [-0.1, -0.05) is 30.3 Å². The van der Waals surface area contributed by atoms with Crippen LogP contribution in [-0.2, 0) is 4.79 Å². The predicted octanol–water partition coefficient (Wildman–Crippen LogP) is 4.35. The highest BCUT2D eigenvalue weighted by Gasteiger charge is 2.21. The average molecular weight is 432 g/mol. The molecule has 2 amide bonds. The molecule has 1 N–H and O–H groups in total. The molecule has 3 aromatic carbocycles. The summed E-state index contributed by atoms with van der Waals surface area (Å²) in [6, 6.07) is 21.5. The van der Waals surface area contributed by atoms with E-state index in [0.29, 0.717) is 54.0 Å². The molecule has 0 spiro atoms. The molecule has 0 fully saturated rings. The van der Waals surface area contributed by atoms with Gasteiger partial charge in [0.05, 0.1) is 5.56 Å². The van der Waals surface area contributed by atoms with E-state index in [4.69, 9.17) is 14.2 Å². The van der Waals surface area contributed by atoms with Gasteiger partial charge in [-0.25, -0.2) is 0 Å². The number of nitrogens with zero attached hydrogens (tertiary/aromatic N) is 1. The standard InChI is InChI=1S/C25H24N2O5/c1-2-27(17-24(28)26-18-12-13-22-23(16-18)31-15-14-30-22)25(29)20-10-6-7-11-21(20)32-19-8-4-3-5-9-19/h3-13,16H,2,14-15,17H2,1H3,(H,26,28). The molecule has 0 aliphatic carbocycles. The lowest BCUT2D eigenvalue weighted by Crippen LogP contribution is -2.38. The maximum absolute atomic E-state index is 13.2. The van der Waals surface area contributed by atoms with Crippen LogP contribution in [0.2, 0.25) is 0 Å². The fourth-order valence-electron chi connectivity index (χ4n) is 3.34. The van der Waals surface area contributed by atoms with Gasteiger partial charge < -0.3 is 24.4 Å². The third kappa shape index (κ3) is 5.00. The summed E-state index contributed by atoms with van der Waals surface area (Å²) in [4.78, 5) is 27.3. The van der Waals surface area contributed by atoms with Gasteiger partial charge >= 0.3 is 0 Å².